The number of rotatable bonds is 4. The molecule has 1 aliphatic heterocycles. The summed E-state index contributed by atoms with van der Waals surface area (Å²) in [6.07, 6.45) is 0.830. The van der Waals surface area contributed by atoms with Gasteiger partial charge in [0, 0.05) is 37.7 Å². The van der Waals surface area contributed by atoms with Crippen molar-refractivity contribution in [3.05, 3.63) is 39.9 Å². The van der Waals surface area contributed by atoms with Crippen molar-refractivity contribution in [2.24, 2.45) is 0 Å². The number of carbonyl (C=O) groups excluding carboxylic acids is 1. The van der Waals surface area contributed by atoms with E-state index in [1.54, 1.807) is 0 Å². The summed E-state index contributed by atoms with van der Waals surface area (Å²) >= 11 is 7.34. The zero-order valence-electron chi connectivity index (χ0n) is 13.5. The molecule has 1 aliphatic rings. The van der Waals surface area contributed by atoms with Gasteiger partial charge in [0.05, 0.1) is 0 Å². The Morgan fingerprint density at radius 3 is 2.54 bits per heavy atom. The lowest BCUT2D eigenvalue weighted by atomic mass is 10.2. The summed E-state index contributed by atoms with van der Waals surface area (Å²) in [6.45, 7) is 6.02. The van der Waals surface area contributed by atoms with Gasteiger partial charge >= 0.3 is 6.03 Å². The molecular formula is C16H20ClN5OS. The van der Waals surface area contributed by atoms with Crippen LogP contribution in [0.3, 0.4) is 0 Å². The SMILES string of the molecule is CCc1nnc(NC(=O)N2CCN(Cc3ccc(Cl)cc3)CC2)s1. The molecule has 2 heterocycles. The number of nitrogens with zero attached hydrogens (tertiary/aromatic N) is 4. The zero-order chi connectivity index (χ0) is 16.9. The monoisotopic (exact) mass is 365 g/mol. The average Bonchev–Trinajstić information content (AvgIpc) is 3.05. The predicted molar refractivity (Wildman–Crippen MR) is 96.6 cm³/mol. The van der Waals surface area contributed by atoms with Gasteiger partial charge in [0.2, 0.25) is 5.13 Å². The maximum Gasteiger partial charge on any atom is 0.323 e. The highest BCUT2D eigenvalue weighted by Crippen LogP contribution is 2.17. The van der Waals surface area contributed by atoms with Crippen molar-refractivity contribution < 1.29 is 4.79 Å². The maximum absolute atomic E-state index is 12.3. The third-order valence-electron chi connectivity index (χ3n) is 3.96. The van der Waals surface area contributed by atoms with E-state index in [-0.39, 0.29) is 6.03 Å². The van der Waals surface area contributed by atoms with Crippen molar-refractivity contribution >= 4 is 34.1 Å². The van der Waals surface area contributed by atoms with Crippen molar-refractivity contribution in [3.8, 4) is 0 Å². The van der Waals surface area contributed by atoms with Crippen LogP contribution < -0.4 is 5.32 Å². The quantitative estimate of drug-likeness (QED) is 0.904. The third kappa shape index (κ3) is 4.43. The number of benzene rings is 1. The summed E-state index contributed by atoms with van der Waals surface area (Å²) < 4.78 is 0. The van der Waals surface area contributed by atoms with E-state index in [1.165, 1.54) is 16.9 Å². The molecule has 0 unspecified atom stereocenters. The van der Waals surface area contributed by atoms with Crippen molar-refractivity contribution in [1.29, 1.82) is 0 Å². The van der Waals surface area contributed by atoms with Gasteiger partial charge in [-0.15, -0.1) is 10.2 Å². The van der Waals surface area contributed by atoms with Gasteiger partial charge in [0.25, 0.3) is 0 Å². The van der Waals surface area contributed by atoms with Crippen LogP contribution in [0.5, 0.6) is 0 Å². The van der Waals surface area contributed by atoms with E-state index in [0.29, 0.717) is 18.2 Å². The van der Waals surface area contributed by atoms with E-state index in [0.717, 1.165) is 36.1 Å². The summed E-state index contributed by atoms with van der Waals surface area (Å²) in [5.74, 6) is 0. The first-order valence-electron chi connectivity index (χ1n) is 7.99. The lowest BCUT2D eigenvalue weighted by Crippen LogP contribution is -2.49. The van der Waals surface area contributed by atoms with Crippen LogP contribution in [-0.4, -0.2) is 52.2 Å². The van der Waals surface area contributed by atoms with Crippen LogP contribution >= 0.6 is 22.9 Å². The van der Waals surface area contributed by atoms with E-state index in [9.17, 15) is 4.79 Å². The normalized spacial score (nSPS) is 15.5. The van der Waals surface area contributed by atoms with Gasteiger partial charge in [0.1, 0.15) is 5.01 Å². The van der Waals surface area contributed by atoms with Crippen molar-refractivity contribution in [2.75, 3.05) is 31.5 Å². The molecule has 0 saturated carbocycles. The molecule has 3 rings (SSSR count). The molecule has 2 amide bonds. The number of aryl methyl sites for hydroxylation is 1. The van der Waals surface area contributed by atoms with Crippen LogP contribution in [0.1, 0.15) is 17.5 Å². The second-order valence-corrected chi connectivity index (χ2v) is 7.17. The van der Waals surface area contributed by atoms with E-state index < -0.39 is 0 Å². The number of piperazine rings is 1. The summed E-state index contributed by atoms with van der Waals surface area (Å²) in [7, 11) is 0. The number of aromatic nitrogens is 2. The zero-order valence-corrected chi connectivity index (χ0v) is 15.1. The highest BCUT2D eigenvalue weighted by molar-refractivity contribution is 7.15. The molecule has 1 fully saturated rings. The van der Waals surface area contributed by atoms with Crippen LogP contribution in [0.4, 0.5) is 9.93 Å². The Bertz CT molecular complexity index is 682. The summed E-state index contributed by atoms with van der Waals surface area (Å²) in [5, 5.41) is 13.1. The predicted octanol–water partition coefficient (Wildman–Crippen LogP) is 3.10. The fourth-order valence-corrected chi connectivity index (χ4v) is 3.37. The molecule has 1 saturated heterocycles. The first-order valence-corrected chi connectivity index (χ1v) is 9.18. The number of halogens is 1. The molecule has 2 aromatic rings. The van der Waals surface area contributed by atoms with Gasteiger partial charge < -0.3 is 4.90 Å². The Hall–Kier alpha value is -1.70. The lowest BCUT2D eigenvalue weighted by Gasteiger charge is -2.34. The Morgan fingerprint density at radius 2 is 1.92 bits per heavy atom. The van der Waals surface area contributed by atoms with Crippen LogP contribution in [0.2, 0.25) is 5.02 Å². The smallest absolute Gasteiger partial charge is 0.322 e. The molecule has 0 spiro atoms. The van der Waals surface area contributed by atoms with Gasteiger partial charge in [-0.05, 0) is 24.1 Å². The minimum Gasteiger partial charge on any atom is -0.322 e. The Morgan fingerprint density at radius 1 is 1.21 bits per heavy atom. The highest BCUT2D eigenvalue weighted by atomic mass is 35.5. The second-order valence-electron chi connectivity index (χ2n) is 5.67. The van der Waals surface area contributed by atoms with Crippen molar-refractivity contribution in [1.82, 2.24) is 20.0 Å². The average molecular weight is 366 g/mol. The fraction of sp³-hybridized carbons (Fsp3) is 0.438. The number of hydrogen-bond donors (Lipinski definition) is 1. The lowest BCUT2D eigenvalue weighted by molar-refractivity contribution is 0.143. The van der Waals surface area contributed by atoms with E-state index in [4.69, 9.17) is 11.6 Å². The number of carbonyl (C=O) groups is 1. The maximum atomic E-state index is 12.3. The molecule has 8 heteroatoms. The van der Waals surface area contributed by atoms with Crippen molar-refractivity contribution in [3.63, 3.8) is 0 Å². The Labute approximate surface area is 150 Å². The fourth-order valence-electron chi connectivity index (χ4n) is 2.57. The number of anilines is 1. The van der Waals surface area contributed by atoms with Gasteiger partial charge in [-0.3, -0.25) is 10.2 Å². The molecule has 1 aromatic carbocycles. The molecule has 1 aromatic heterocycles. The Balaban J connectivity index is 1.47. The highest BCUT2D eigenvalue weighted by Gasteiger charge is 2.22. The molecule has 6 nitrogen and oxygen atoms in total. The van der Waals surface area contributed by atoms with Crippen LogP contribution in [0, 0.1) is 0 Å². The van der Waals surface area contributed by atoms with Gasteiger partial charge in [-0.2, -0.15) is 0 Å². The van der Waals surface area contributed by atoms with Crippen LogP contribution in [0.15, 0.2) is 24.3 Å². The summed E-state index contributed by atoms with van der Waals surface area (Å²) in [6, 6.07) is 7.81. The first-order chi connectivity index (χ1) is 11.6. The van der Waals surface area contributed by atoms with E-state index in [1.807, 2.05) is 36.1 Å². The minimum atomic E-state index is -0.0973. The first kappa shape index (κ1) is 17.1. The molecule has 0 atom stereocenters. The standard InChI is InChI=1S/C16H20ClN5OS/c1-2-14-19-20-15(24-14)18-16(23)22-9-7-21(8-10-22)11-12-3-5-13(17)6-4-12/h3-6H,2,7-11H2,1H3,(H,18,20,23). The van der Waals surface area contributed by atoms with Crippen LogP contribution in [-0.2, 0) is 13.0 Å². The molecule has 128 valence electrons. The molecule has 0 aliphatic carbocycles. The number of urea groups is 1. The van der Waals surface area contributed by atoms with E-state index >= 15 is 0 Å². The van der Waals surface area contributed by atoms with Gasteiger partial charge in [0.15, 0.2) is 0 Å². The van der Waals surface area contributed by atoms with E-state index in [2.05, 4.69) is 20.4 Å². The van der Waals surface area contributed by atoms with Crippen molar-refractivity contribution in [2.45, 2.75) is 19.9 Å². The summed E-state index contributed by atoms with van der Waals surface area (Å²) in [5.41, 5.74) is 1.23. The number of amides is 2. The molecular weight excluding hydrogens is 346 g/mol. The van der Waals surface area contributed by atoms with Crippen LogP contribution in [0.25, 0.3) is 0 Å². The Kier molecular flexibility index (Phi) is 5.65. The molecule has 0 bridgehead atoms. The third-order valence-corrected chi connectivity index (χ3v) is 5.20. The molecule has 0 radical (unpaired) electrons. The van der Waals surface area contributed by atoms with Gasteiger partial charge in [-0.25, -0.2) is 4.79 Å². The molecule has 24 heavy (non-hydrogen) atoms. The van der Waals surface area contributed by atoms with Gasteiger partial charge in [-0.1, -0.05) is 42.0 Å². The molecule has 1 N–H and O–H groups in total. The number of hydrogen-bond acceptors (Lipinski definition) is 5. The largest absolute Gasteiger partial charge is 0.323 e. The second kappa shape index (κ2) is 7.92. The summed E-state index contributed by atoms with van der Waals surface area (Å²) in [4.78, 5) is 16.5. The minimum absolute atomic E-state index is 0.0973. The number of nitrogens with one attached hydrogen (secondary N) is 1. The topological polar surface area (TPSA) is 61.4 Å².